The fourth-order valence-electron chi connectivity index (χ4n) is 1.06. The molecule has 0 spiro atoms. The normalized spacial score (nSPS) is 11.2. The Morgan fingerprint density at radius 1 is 1.53 bits per heavy atom. The van der Waals surface area contributed by atoms with Gasteiger partial charge in [-0.3, -0.25) is 15.1 Å². The average Bonchev–Trinajstić information content (AvgIpc) is 2.18. The van der Waals surface area contributed by atoms with Gasteiger partial charge in [-0.15, -0.1) is 0 Å². The molecule has 0 fully saturated rings. The first-order valence-electron chi connectivity index (χ1n) is 4.33. The first-order valence-corrected chi connectivity index (χ1v) is 6.84. The van der Waals surface area contributed by atoms with Crippen LogP contribution in [0.1, 0.15) is 0 Å². The van der Waals surface area contributed by atoms with Gasteiger partial charge < -0.3 is 5.32 Å². The lowest BCUT2D eigenvalue weighted by Gasteiger charge is -2.07. The van der Waals surface area contributed by atoms with Crippen LogP contribution in [0.3, 0.4) is 0 Å². The molecule has 0 aromatic carbocycles. The summed E-state index contributed by atoms with van der Waals surface area (Å²) in [6.07, 6.45) is 2.44. The summed E-state index contributed by atoms with van der Waals surface area (Å²) in [5, 5.41) is 18.1. The minimum Gasteiger partial charge on any atom is -0.377 e. The van der Waals surface area contributed by atoms with Crippen LogP contribution in [0.15, 0.2) is 16.9 Å². The first kappa shape index (κ1) is 13.8. The SMILES string of the molecule is NS(=O)(=O)CCNc1c(Br)cncc1[N+](=O)[O-]. The van der Waals surface area contributed by atoms with Gasteiger partial charge in [-0.05, 0) is 15.9 Å². The van der Waals surface area contributed by atoms with Gasteiger partial charge in [0.2, 0.25) is 10.0 Å². The van der Waals surface area contributed by atoms with Gasteiger partial charge >= 0.3 is 5.69 Å². The highest BCUT2D eigenvalue weighted by molar-refractivity contribution is 9.10. The zero-order valence-electron chi connectivity index (χ0n) is 8.46. The lowest BCUT2D eigenvalue weighted by atomic mass is 10.3. The number of nitrogens with two attached hydrogens (primary N) is 1. The number of rotatable bonds is 5. The number of nitrogens with one attached hydrogen (secondary N) is 1. The van der Waals surface area contributed by atoms with Crippen molar-refractivity contribution in [1.29, 1.82) is 0 Å². The van der Waals surface area contributed by atoms with Crippen LogP contribution in [0.5, 0.6) is 0 Å². The number of pyridine rings is 1. The second-order valence-electron chi connectivity index (χ2n) is 3.07. The maximum absolute atomic E-state index is 10.7. The van der Waals surface area contributed by atoms with E-state index in [1.54, 1.807) is 0 Å². The van der Waals surface area contributed by atoms with E-state index in [0.29, 0.717) is 4.47 Å². The van der Waals surface area contributed by atoms with E-state index in [1.807, 2.05) is 0 Å². The van der Waals surface area contributed by atoms with Crippen LogP contribution >= 0.6 is 15.9 Å². The number of halogens is 1. The van der Waals surface area contributed by atoms with Crippen molar-refractivity contribution in [2.45, 2.75) is 0 Å². The Kier molecular flexibility index (Phi) is 4.37. The van der Waals surface area contributed by atoms with Crippen molar-refractivity contribution in [3.8, 4) is 0 Å². The van der Waals surface area contributed by atoms with Gasteiger partial charge in [0, 0.05) is 12.7 Å². The monoisotopic (exact) mass is 324 g/mol. The maximum Gasteiger partial charge on any atom is 0.311 e. The van der Waals surface area contributed by atoms with Crippen molar-refractivity contribution in [3.63, 3.8) is 0 Å². The highest BCUT2D eigenvalue weighted by Gasteiger charge is 2.17. The second-order valence-corrected chi connectivity index (χ2v) is 5.65. The van der Waals surface area contributed by atoms with Crippen LogP contribution in [0.2, 0.25) is 0 Å². The molecule has 0 aliphatic carbocycles. The van der Waals surface area contributed by atoms with Crippen molar-refractivity contribution in [3.05, 3.63) is 27.0 Å². The Morgan fingerprint density at radius 2 is 2.18 bits per heavy atom. The standard InChI is InChI=1S/C7H9BrN4O4S/c8-5-3-10-4-6(12(13)14)7(5)11-1-2-17(9,15)16/h3-4H,1-2H2,(H,10,11)(H2,9,15,16). The number of primary sulfonamides is 1. The third kappa shape index (κ3) is 4.24. The molecule has 0 radical (unpaired) electrons. The van der Waals surface area contributed by atoms with E-state index in [1.165, 1.54) is 6.20 Å². The van der Waals surface area contributed by atoms with Gasteiger partial charge in [0.05, 0.1) is 15.1 Å². The quantitative estimate of drug-likeness (QED) is 0.597. The largest absolute Gasteiger partial charge is 0.377 e. The number of sulfonamides is 1. The third-order valence-electron chi connectivity index (χ3n) is 1.76. The van der Waals surface area contributed by atoms with Gasteiger partial charge in [0.1, 0.15) is 11.9 Å². The van der Waals surface area contributed by atoms with Crippen LogP contribution in [-0.2, 0) is 10.0 Å². The predicted octanol–water partition coefficient (Wildman–Crippen LogP) is 0.453. The molecule has 1 aromatic heterocycles. The molecule has 10 heteroatoms. The molecule has 1 rings (SSSR count). The molecule has 8 nitrogen and oxygen atoms in total. The molecule has 3 N–H and O–H groups in total. The molecule has 0 aliphatic heterocycles. The van der Waals surface area contributed by atoms with E-state index in [2.05, 4.69) is 26.2 Å². The minimum absolute atomic E-state index is 0.0255. The molecule has 0 aliphatic rings. The van der Waals surface area contributed by atoms with Crippen LogP contribution in [0.25, 0.3) is 0 Å². The number of aromatic nitrogens is 1. The molecule has 17 heavy (non-hydrogen) atoms. The molecular weight excluding hydrogens is 316 g/mol. The van der Waals surface area contributed by atoms with Crippen molar-refractivity contribution in [2.75, 3.05) is 17.6 Å². The summed E-state index contributed by atoms with van der Waals surface area (Å²) in [4.78, 5) is 13.7. The van der Waals surface area contributed by atoms with E-state index < -0.39 is 14.9 Å². The van der Waals surface area contributed by atoms with E-state index in [9.17, 15) is 18.5 Å². The van der Waals surface area contributed by atoms with Crippen molar-refractivity contribution >= 4 is 37.3 Å². The second kappa shape index (κ2) is 5.38. The van der Waals surface area contributed by atoms with Crippen LogP contribution in [0, 0.1) is 10.1 Å². The van der Waals surface area contributed by atoms with Crippen LogP contribution in [-0.4, -0.2) is 30.6 Å². The van der Waals surface area contributed by atoms with Crippen molar-refractivity contribution in [1.82, 2.24) is 4.98 Å². The van der Waals surface area contributed by atoms with E-state index >= 15 is 0 Å². The number of anilines is 1. The summed E-state index contributed by atoms with van der Waals surface area (Å²) in [5.74, 6) is -0.321. The number of hydrogen-bond donors (Lipinski definition) is 2. The fraction of sp³-hybridized carbons (Fsp3) is 0.286. The molecule has 1 heterocycles. The average molecular weight is 325 g/mol. The van der Waals surface area contributed by atoms with Gasteiger partial charge in [-0.2, -0.15) is 0 Å². The zero-order chi connectivity index (χ0) is 13.1. The smallest absolute Gasteiger partial charge is 0.311 e. The van der Waals surface area contributed by atoms with E-state index in [-0.39, 0.29) is 23.7 Å². The Labute approximate surface area is 106 Å². The summed E-state index contributed by atoms with van der Waals surface area (Å²) in [6.45, 7) is -0.0255. The van der Waals surface area contributed by atoms with Crippen LogP contribution < -0.4 is 10.5 Å². The first-order chi connectivity index (χ1) is 7.81. The number of nitrogens with zero attached hydrogens (tertiary/aromatic N) is 2. The van der Waals surface area contributed by atoms with E-state index in [4.69, 9.17) is 5.14 Å². The number of hydrogen-bond acceptors (Lipinski definition) is 6. The Morgan fingerprint density at radius 3 is 2.71 bits per heavy atom. The minimum atomic E-state index is -3.60. The van der Waals surface area contributed by atoms with E-state index in [0.717, 1.165) is 6.20 Å². The summed E-state index contributed by atoms with van der Waals surface area (Å²) in [5.41, 5.74) is -0.0672. The third-order valence-corrected chi connectivity index (χ3v) is 3.14. The highest BCUT2D eigenvalue weighted by Crippen LogP contribution is 2.30. The lowest BCUT2D eigenvalue weighted by molar-refractivity contribution is -0.384. The van der Waals surface area contributed by atoms with Crippen LogP contribution in [0.4, 0.5) is 11.4 Å². The van der Waals surface area contributed by atoms with Gasteiger partial charge in [0.25, 0.3) is 0 Å². The molecule has 0 unspecified atom stereocenters. The Balaban J connectivity index is 2.86. The van der Waals surface area contributed by atoms with Gasteiger partial charge in [0.15, 0.2) is 0 Å². The van der Waals surface area contributed by atoms with Gasteiger partial charge in [-0.1, -0.05) is 0 Å². The topological polar surface area (TPSA) is 128 Å². The molecule has 0 saturated carbocycles. The predicted molar refractivity (Wildman–Crippen MR) is 65.1 cm³/mol. The maximum atomic E-state index is 10.7. The summed E-state index contributed by atoms with van der Waals surface area (Å²) >= 11 is 3.09. The zero-order valence-corrected chi connectivity index (χ0v) is 10.9. The van der Waals surface area contributed by atoms with Gasteiger partial charge in [-0.25, -0.2) is 13.6 Å². The fourth-order valence-corrected chi connectivity index (χ4v) is 1.90. The summed E-state index contributed by atoms with van der Waals surface area (Å²) < 4.78 is 21.8. The molecule has 1 aromatic rings. The highest BCUT2D eigenvalue weighted by atomic mass is 79.9. The number of nitro groups is 1. The molecule has 0 bridgehead atoms. The molecule has 94 valence electrons. The Bertz CT molecular complexity index is 533. The molecule has 0 atom stereocenters. The summed E-state index contributed by atoms with van der Waals surface area (Å²) in [6, 6.07) is 0. The van der Waals surface area contributed by atoms with Crippen molar-refractivity contribution in [2.24, 2.45) is 5.14 Å². The van der Waals surface area contributed by atoms with Crippen molar-refractivity contribution < 1.29 is 13.3 Å². The lowest BCUT2D eigenvalue weighted by Crippen LogP contribution is -2.22. The molecule has 0 amide bonds. The Hall–Kier alpha value is -1.26. The molecular formula is C7H9BrN4O4S. The summed E-state index contributed by atoms with van der Waals surface area (Å²) in [7, 11) is -3.60. The molecule has 0 saturated heterocycles.